The van der Waals surface area contributed by atoms with Gasteiger partial charge in [0.1, 0.15) is 18.1 Å². The summed E-state index contributed by atoms with van der Waals surface area (Å²) in [6.07, 6.45) is 1.04. The normalized spacial score (nSPS) is 14.7. The van der Waals surface area contributed by atoms with Crippen LogP contribution < -0.4 is 27.4 Å². The van der Waals surface area contributed by atoms with E-state index >= 15 is 0 Å². The van der Waals surface area contributed by atoms with Gasteiger partial charge in [-0.2, -0.15) is 12.6 Å². The molecule has 0 radical (unpaired) electrons. The molecule has 0 aromatic carbocycles. The Labute approximate surface area is 179 Å². The fraction of sp³-hybridized carbons (Fsp3) is 0.706. The van der Waals surface area contributed by atoms with Gasteiger partial charge in [-0.25, -0.2) is 4.79 Å². The van der Waals surface area contributed by atoms with Crippen LogP contribution in [0.15, 0.2) is 0 Å². The van der Waals surface area contributed by atoms with Crippen molar-refractivity contribution < 1.29 is 34.2 Å². The summed E-state index contributed by atoms with van der Waals surface area (Å²) in [7, 11) is 0. The summed E-state index contributed by atoms with van der Waals surface area (Å²) in [6.45, 7) is 1.85. The van der Waals surface area contributed by atoms with Gasteiger partial charge in [0.15, 0.2) is 0 Å². The van der Waals surface area contributed by atoms with E-state index in [9.17, 15) is 24.0 Å². The predicted octanol–water partition coefficient (Wildman–Crippen LogP) is -2.20. The molecule has 0 aromatic heterocycles. The zero-order valence-corrected chi connectivity index (χ0v) is 17.7. The minimum absolute atomic E-state index is 0.199. The maximum absolute atomic E-state index is 12.4. The summed E-state index contributed by atoms with van der Waals surface area (Å²) in [5, 5.41) is 24.8. The van der Waals surface area contributed by atoms with Crippen LogP contribution in [0.5, 0.6) is 0 Å². The molecule has 13 heteroatoms. The smallest absolute Gasteiger partial charge is 0.327 e. The molecule has 9 N–H and O–H groups in total. The first-order valence-electron chi connectivity index (χ1n) is 9.45. The van der Waals surface area contributed by atoms with Gasteiger partial charge in [-0.15, -0.1) is 0 Å². The van der Waals surface area contributed by atoms with Crippen molar-refractivity contribution in [2.24, 2.45) is 11.5 Å². The molecule has 4 atom stereocenters. The van der Waals surface area contributed by atoms with Crippen molar-refractivity contribution in [1.29, 1.82) is 0 Å². The Morgan fingerprint density at radius 1 is 0.900 bits per heavy atom. The maximum atomic E-state index is 12.4. The van der Waals surface area contributed by atoms with Crippen molar-refractivity contribution in [3.8, 4) is 0 Å². The van der Waals surface area contributed by atoms with Crippen LogP contribution in [0.1, 0.15) is 39.0 Å². The van der Waals surface area contributed by atoms with Crippen LogP contribution in [0.3, 0.4) is 0 Å². The summed E-state index contributed by atoms with van der Waals surface area (Å²) in [4.78, 5) is 58.7. The van der Waals surface area contributed by atoms with Gasteiger partial charge in [0.25, 0.3) is 0 Å². The van der Waals surface area contributed by atoms with E-state index in [0.717, 1.165) is 0 Å². The molecule has 0 heterocycles. The van der Waals surface area contributed by atoms with Crippen LogP contribution in [0.4, 0.5) is 0 Å². The van der Waals surface area contributed by atoms with E-state index in [1.54, 1.807) is 0 Å². The summed E-state index contributed by atoms with van der Waals surface area (Å²) in [5.41, 5.74) is 11.1. The summed E-state index contributed by atoms with van der Waals surface area (Å²) >= 11 is 3.83. The van der Waals surface area contributed by atoms with E-state index < -0.39 is 60.2 Å². The lowest BCUT2D eigenvalue weighted by Crippen LogP contribution is -2.56. The molecule has 3 amide bonds. The van der Waals surface area contributed by atoms with E-state index in [2.05, 4.69) is 28.6 Å². The van der Waals surface area contributed by atoms with Gasteiger partial charge < -0.3 is 37.6 Å². The topological polar surface area (TPSA) is 214 Å². The average Bonchev–Trinajstić information content (AvgIpc) is 2.68. The first-order valence-corrected chi connectivity index (χ1v) is 10.1. The molecule has 0 spiro atoms. The number of hydrogen-bond acceptors (Lipinski definition) is 8. The molecule has 0 aliphatic carbocycles. The highest BCUT2D eigenvalue weighted by Crippen LogP contribution is 2.02. The highest BCUT2D eigenvalue weighted by atomic mass is 32.1. The van der Waals surface area contributed by atoms with Gasteiger partial charge in [-0.1, -0.05) is 6.42 Å². The minimum atomic E-state index is -1.33. The number of carboxylic acids is 2. The molecule has 0 fully saturated rings. The first kappa shape index (κ1) is 27.6. The monoisotopic (exact) mass is 449 g/mol. The molecular formula is C17H31N5O7S. The number of amides is 3. The molecular weight excluding hydrogens is 418 g/mol. The second kappa shape index (κ2) is 14.6. The standard InChI is InChI=1S/C17H31N5O7S/c1-9(20-15(26)10(19)4-2-3-7-18)14(25)21-11(5-6-13(23)24)16(27)22-12(8-30)17(28)29/h9-12,30H,2-8,18-19H2,1H3,(H,20,26)(H,21,25)(H,22,27)(H,23,24)(H,28,29). The molecule has 12 nitrogen and oxygen atoms in total. The predicted molar refractivity (Wildman–Crippen MR) is 111 cm³/mol. The number of aliphatic carboxylic acids is 2. The molecule has 0 saturated carbocycles. The fourth-order valence-corrected chi connectivity index (χ4v) is 2.56. The van der Waals surface area contributed by atoms with Gasteiger partial charge in [0, 0.05) is 12.2 Å². The number of hydrogen-bond donors (Lipinski definition) is 8. The van der Waals surface area contributed by atoms with E-state index in [1.165, 1.54) is 6.92 Å². The van der Waals surface area contributed by atoms with Crippen molar-refractivity contribution >= 4 is 42.3 Å². The molecule has 4 unspecified atom stereocenters. The Bertz CT molecular complexity index is 619. The molecule has 0 rings (SSSR count). The third-order valence-corrected chi connectivity index (χ3v) is 4.50. The number of unbranched alkanes of at least 4 members (excludes halogenated alkanes) is 1. The van der Waals surface area contributed by atoms with Gasteiger partial charge in [0.2, 0.25) is 17.7 Å². The Kier molecular flexibility index (Phi) is 13.4. The number of thiol groups is 1. The van der Waals surface area contributed by atoms with E-state index in [1.807, 2.05) is 0 Å². The number of carbonyl (C=O) groups is 5. The second-order valence-electron chi connectivity index (χ2n) is 6.70. The Morgan fingerprint density at radius 2 is 1.50 bits per heavy atom. The number of carbonyl (C=O) groups excluding carboxylic acids is 3. The van der Waals surface area contributed by atoms with Gasteiger partial charge in [-0.05, 0) is 32.7 Å². The number of carboxylic acid groups (broad SMARTS) is 2. The van der Waals surface area contributed by atoms with Gasteiger partial charge >= 0.3 is 11.9 Å². The van der Waals surface area contributed by atoms with Crippen molar-refractivity contribution in [1.82, 2.24) is 16.0 Å². The van der Waals surface area contributed by atoms with Crippen LogP contribution in [-0.2, 0) is 24.0 Å². The highest BCUT2D eigenvalue weighted by Gasteiger charge is 2.28. The zero-order valence-electron chi connectivity index (χ0n) is 16.8. The average molecular weight is 450 g/mol. The third-order valence-electron chi connectivity index (χ3n) is 4.14. The van der Waals surface area contributed by atoms with Crippen molar-refractivity contribution in [2.45, 2.75) is 63.2 Å². The molecule has 0 aromatic rings. The lowest BCUT2D eigenvalue weighted by molar-refractivity contribution is -0.142. The molecule has 0 aliphatic heterocycles. The Hall–Kier alpha value is -2.38. The van der Waals surface area contributed by atoms with E-state index in [0.29, 0.717) is 25.8 Å². The quantitative estimate of drug-likeness (QED) is 0.100. The number of rotatable bonds is 15. The molecule has 172 valence electrons. The third kappa shape index (κ3) is 11.0. The van der Waals surface area contributed by atoms with E-state index in [4.69, 9.17) is 21.7 Å². The maximum Gasteiger partial charge on any atom is 0.327 e. The summed E-state index contributed by atoms with van der Waals surface area (Å²) in [5.74, 6) is -4.90. The largest absolute Gasteiger partial charge is 0.481 e. The van der Waals surface area contributed by atoms with Crippen LogP contribution in [0, 0.1) is 0 Å². The minimum Gasteiger partial charge on any atom is -0.481 e. The Balaban J connectivity index is 4.96. The number of nitrogens with one attached hydrogen (secondary N) is 3. The molecule has 30 heavy (non-hydrogen) atoms. The lowest BCUT2D eigenvalue weighted by Gasteiger charge is -2.23. The van der Waals surface area contributed by atoms with Crippen LogP contribution in [0.25, 0.3) is 0 Å². The van der Waals surface area contributed by atoms with Crippen molar-refractivity contribution in [3.63, 3.8) is 0 Å². The van der Waals surface area contributed by atoms with Gasteiger partial charge in [-0.3, -0.25) is 19.2 Å². The van der Waals surface area contributed by atoms with Crippen molar-refractivity contribution in [2.75, 3.05) is 12.3 Å². The fourth-order valence-electron chi connectivity index (χ4n) is 2.32. The van der Waals surface area contributed by atoms with E-state index in [-0.39, 0.29) is 12.2 Å². The number of nitrogens with two attached hydrogens (primary N) is 2. The summed E-state index contributed by atoms with van der Waals surface area (Å²) < 4.78 is 0. The summed E-state index contributed by atoms with van der Waals surface area (Å²) in [6, 6.07) is -4.51. The molecule has 0 aliphatic rings. The van der Waals surface area contributed by atoms with Gasteiger partial charge in [0.05, 0.1) is 6.04 Å². The molecule has 0 saturated heterocycles. The van der Waals surface area contributed by atoms with Crippen LogP contribution in [-0.4, -0.2) is 76.3 Å². The van der Waals surface area contributed by atoms with Crippen molar-refractivity contribution in [3.05, 3.63) is 0 Å². The molecule has 0 bridgehead atoms. The second-order valence-corrected chi connectivity index (χ2v) is 7.06. The zero-order chi connectivity index (χ0) is 23.3. The van der Waals surface area contributed by atoms with Crippen LogP contribution in [0.2, 0.25) is 0 Å². The highest BCUT2D eigenvalue weighted by molar-refractivity contribution is 7.80. The first-order chi connectivity index (χ1) is 14.0. The lowest BCUT2D eigenvalue weighted by atomic mass is 10.1. The Morgan fingerprint density at radius 3 is 2.00 bits per heavy atom. The SMILES string of the molecule is CC(NC(=O)C(N)CCCCN)C(=O)NC(CCC(=O)O)C(=O)NC(CS)C(=O)O. The van der Waals surface area contributed by atoms with Crippen LogP contribution >= 0.6 is 12.6 Å².